The van der Waals surface area contributed by atoms with Crippen molar-refractivity contribution in [2.24, 2.45) is 0 Å². The lowest BCUT2D eigenvalue weighted by Crippen LogP contribution is -2.04. The number of hydrogen-bond donors (Lipinski definition) is 0. The Bertz CT molecular complexity index is 502. The van der Waals surface area contributed by atoms with E-state index in [9.17, 15) is 0 Å². The monoisotopic (exact) mass is 240 g/mol. The molecule has 0 aliphatic heterocycles. The smallest absolute Gasteiger partial charge is 0.0795 e. The molecule has 2 aromatic rings. The van der Waals surface area contributed by atoms with Gasteiger partial charge in [0.15, 0.2) is 0 Å². The summed E-state index contributed by atoms with van der Waals surface area (Å²) in [6.45, 7) is 4.27. The van der Waals surface area contributed by atoms with Crippen LogP contribution in [0, 0.1) is 6.92 Å². The van der Waals surface area contributed by atoms with E-state index in [0.717, 1.165) is 6.42 Å². The van der Waals surface area contributed by atoms with E-state index in [4.69, 9.17) is 4.74 Å². The van der Waals surface area contributed by atoms with Crippen LogP contribution in [0.2, 0.25) is 0 Å². The van der Waals surface area contributed by atoms with Crippen LogP contribution in [-0.4, -0.2) is 7.11 Å². The molecule has 1 atom stereocenters. The standard InChI is InChI=1S/C17H20O/c1-13-8-7-11-16(14(2)18-3)17(13)12-15-9-5-4-6-10-15/h4-11,14H,12H2,1-3H3. The average Bonchev–Trinajstić information content (AvgIpc) is 2.41. The molecule has 0 radical (unpaired) electrons. The van der Waals surface area contributed by atoms with E-state index in [1.807, 2.05) is 0 Å². The normalized spacial score (nSPS) is 12.4. The second kappa shape index (κ2) is 5.83. The molecule has 2 rings (SSSR count). The number of ether oxygens (including phenoxy) is 1. The van der Waals surface area contributed by atoms with Gasteiger partial charge in [-0.2, -0.15) is 0 Å². The van der Waals surface area contributed by atoms with E-state index < -0.39 is 0 Å². The Morgan fingerprint density at radius 2 is 1.72 bits per heavy atom. The summed E-state index contributed by atoms with van der Waals surface area (Å²) in [5.74, 6) is 0. The Morgan fingerprint density at radius 1 is 1.00 bits per heavy atom. The van der Waals surface area contributed by atoms with Gasteiger partial charge in [-0.25, -0.2) is 0 Å². The summed E-state index contributed by atoms with van der Waals surface area (Å²) in [7, 11) is 1.76. The summed E-state index contributed by atoms with van der Waals surface area (Å²) < 4.78 is 5.47. The quantitative estimate of drug-likeness (QED) is 0.774. The molecule has 2 aromatic carbocycles. The number of methoxy groups -OCH3 is 1. The van der Waals surface area contributed by atoms with Crippen LogP contribution >= 0.6 is 0 Å². The minimum Gasteiger partial charge on any atom is -0.377 e. The zero-order chi connectivity index (χ0) is 13.0. The Balaban J connectivity index is 2.37. The Kier molecular flexibility index (Phi) is 4.16. The molecule has 0 spiro atoms. The molecule has 1 nitrogen and oxygen atoms in total. The molecule has 0 bridgehead atoms. The van der Waals surface area contributed by atoms with Crippen molar-refractivity contribution in [3.8, 4) is 0 Å². The van der Waals surface area contributed by atoms with Gasteiger partial charge in [0.05, 0.1) is 6.10 Å². The maximum Gasteiger partial charge on any atom is 0.0795 e. The molecule has 18 heavy (non-hydrogen) atoms. The van der Waals surface area contributed by atoms with Crippen molar-refractivity contribution in [1.82, 2.24) is 0 Å². The molecule has 0 amide bonds. The molecular weight excluding hydrogens is 220 g/mol. The number of benzene rings is 2. The first-order valence-corrected chi connectivity index (χ1v) is 6.37. The molecule has 0 saturated heterocycles. The molecule has 0 aliphatic carbocycles. The van der Waals surface area contributed by atoms with Crippen molar-refractivity contribution < 1.29 is 4.74 Å². The Labute approximate surface area is 109 Å². The highest BCUT2D eigenvalue weighted by Crippen LogP contribution is 2.25. The molecule has 94 valence electrons. The highest BCUT2D eigenvalue weighted by atomic mass is 16.5. The fourth-order valence-electron chi connectivity index (χ4n) is 2.27. The summed E-state index contributed by atoms with van der Waals surface area (Å²) in [6.07, 6.45) is 1.11. The molecule has 1 heteroatoms. The van der Waals surface area contributed by atoms with Gasteiger partial charge in [-0.15, -0.1) is 0 Å². The first kappa shape index (κ1) is 12.8. The molecule has 1 unspecified atom stereocenters. The highest BCUT2D eigenvalue weighted by Gasteiger charge is 2.11. The molecule has 0 aromatic heterocycles. The molecule has 0 saturated carbocycles. The molecule has 0 aliphatic rings. The zero-order valence-corrected chi connectivity index (χ0v) is 11.3. The van der Waals surface area contributed by atoms with Gasteiger partial charge in [0.2, 0.25) is 0 Å². The first-order valence-electron chi connectivity index (χ1n) is 6.37. The summed E-state index contributed by atoms with van der Waals surface area (Å²) in [6, 6.07) is 17.0. The summed E-state index contributed by atoms with van der Waals surface area (Å²) >= 11 is 0. The van der Waals surface area contributed by atoms with Crippen LogP contribution < -0.4 is 0 Å². The van der Waals surface area contributed by atoms with Gasteiger partial charge in [-0.1, -0.05) is 48.5 Å². The van der Waals surface area contributed by atoms with E-state index in [1.165, 1.54) is 22.3 Å². The third-order valence-corrected chi connectivity index (χ3v) is 3.46. The maximum absolute atomic E-state index is 5.47. The predicted molar refractivity (Wildman–Crippen MR) is 75.9 cm³/mol. The molecule has 0 heterocycles. The van der Waals surface area contributed by atoms with E-state index in [0.29, 0.717) is 0 Å². The first-order chi connectivity index (χ1) is 8.72. The predicted octanol–water partition coefficient (Wildman–Crippen LogP) is 4.29. The highest BCUT2D eigenvalue weighted by molar-refractivity contribution is 5.39. The van der Waals surface area contributed by atoms with Crippen LogP contribution in [0.25, 0.3) is 0 Å². The SMILES string of the molecule is COC(C)c1cccc(C)c1Cc1ccccc1. The fourth-order valence-corrected chi connectivity index (χ4v) is 2.27. The second-order valence-corrected chi connectivity index (χ2v) is 4.68. The fraction of sp³-hybridized carbons (Fsp3) is 0.294. The van der Waals surface area contributed by atoms with Gasteiger partial charge in [0.1, 0.15) is 0 Å². The van der Waals surface area contributed by atoms with E-state index in [2.05, 4.69) is 62.4 Å². The van der Waals surface area contributed by atoms with Gasteiger partial charge in [0, 0.05) is 7.11 Å². The maximum atomic E-state index is 5.47. The van der Waals surface area contributed by atoms with Crippen LogP contribution in [0.3, 0.4) is 0 Å². The van der Waals surface area contributed by atoms with E-state index >= 15 is 0 Å². The van der Waals surface area contributed by atoms with Gasteiger partial charge in [0.25, 0.3) is 0 Å². The average molecular weight is 240 g/mol. The van der Waals surface area contributed by atoms with Crippen molar-refractivity contribution in [3.05, 3.63) is 70.8 Å². The lowest BCUT2D eigenvalue weighted by molar-refractivity contribution is 0.119. The van der Waals surface area contributed by atoms with Gasteiger partial charge in [-0.05, 0) is 42.5 Å². The topological polar surface area (TPSA) is 9.23 Å². The zero-order valence-electron chi connectivity index (χ0n) is 11.3. The van der Waals surface area contributed by atoms with Crippen molar-refractivity contribution >= 4 is 0 Å². The van der Waals surface area contributed by atoms with Crippen molar-refractivity contribution in [2.75, 3.05) is 7.11 Å². The van der Waals surface area contributed by atoms with Crippen LogP contribution in [0.4, 0.5) is 0 Å². The van der Waals surface area contributed by atoms with Crippen molar-refractivity contribution in [2.45, 2.75) is 26.4 Å². The van der Waals surface area contributed by atoms with E-state index in [-0.39, 0.29) is 6.10 Å². The molecule has 0 N–H and O–H groups in total. The summed E-state index contributed by atoms with van der Waals surface area (Å²) in [4.78, 5) is 0. The lowest BCUT2D eigenvalue weighted by Gasteiger charge is -2.17. The number of aryl methyl sites for hydroxylation is 1. The van der Waals surface area contributed by atoms with Crippen LogP contribution in [0.5, 0.6) is 0 Å². The minimum atomic E-state index is 0.142. The van der Waals surface area contributed by atoms with Gasteiger partial charge < -0.3 is 4.74 Å². The van der Waals surface area contributed by atoms with Crippen LogP contribution in [0.1, 0.15) is 35.3 Å². The van der Waals surface area contributed by atoms with Crippen molar-refractivity contribution in [3.63, 3.8) is 0 Å². The Morgan fingerprint density at radius 3 is 2.39 bits per heavy atom. The van der Waals surface area contributed by atoms with E-state index in [1.54, 1.807) is 7.11 Å². The van der Waals surface area contributed by atoms with Gasteiger partial charge >= 0.3 is 0 Å². The second-order valence-electron chi connectivity index (χ2n) is 4.68. The summed E-state index contributed by atoms with van der Waals surface area (Å²) in [5, 5.41) is 0. The largest absolute Gasteiger partial charge is 0.377 e. The molecule has 0 fully saturated rings. The lowest BCUT2D eigenvalue weighted by atomic mass is 9.93. The third-order valence-electron chi connectivity index (χ3n) is 3.46. The van der Waals surface area contributed by atoms with Crippen LogP contribution in [-0.2, 0) is 11.2 Å². The third kappa shape index (κ3) is 2.80. The Hall–Kier alpha value is -1.60. The number of hydrogen-bond acceptors (Lipinski definition) is 1. The van der Waals surface area contributed by atoms with Gasteiger partial charge in [-0.3, -0.25) is 0 Å². The molecular formula is C17H20O. The van der Waals surface area contributed by atoms with Crippen molar-refractivity contribution in [1.29, 1.82) is 0 Å². The number of rotatable bonds is 4. The van der Waals surface area contributed by atoms with Crippen LogP contribution in [0.15, 0.2) is 48.5 Å². The minimum absolute atomic E-state index is 0.142. The summed E-state index contributed by atoms with van der Waals surface area (Å²) in [5.41, 5.74) is 5.36.